The highest BCUT2D eigenvalue weighted by Gasteiger charge is 2.43. The largest absolute Gasteiger partial charge is 0.480 e. The number of thiazole rings is 1. The molecule has 6 rings (SSSR count). The van der Waals surface area contributed by atoms with Crippen LogP contribution in [-0.2, 0) is 11.2 Å². The van der Waals surface area contributed by atoms with Crippen molar-refractivity contribution in [3.8, 4) is 28.3 Å². The van der Waals surface area contributed by atoms with Crippen LogP contribution in [0.5, 0.6) is 11.6 Å². The summed E-state index contributed by atoms with van der Waals surface area (Å²) in [5.74, 6) is -1.60. The molecule has 5 aromatic rings. The van der Waals surface area contributed by atoms with Crippen molar-refractivity contribution in [1.82, 2.24) is 15.0 Å². The normalized spacial score (nSPS) is 15.9. The number of amides is 1. The molecule has 0 aliphatic carbocycles. The number of hydrogen-bond acceptors (Lipinski definition) is 9. The van der Waals surface area contributed by atoms with Gasteiger partial charge in [-0.25, -0.2) is 24.1 Å². The second-order valence-corrected chi connectivity index (χ2v) is 10.6. The highest BCUT2D eigenvalue weighted by molar-refractivity contribution is 7.22. The lowest BCUT2D eigenvalue weighted by Crippen LogP contribution is -2.41. The summed E-state index contributed by atoms with van der Waals surface area (Å²) in [4.78, 5) is 28.1. The van der Waals surface area contributed by atoms with Crippen LogP contribution in [0.4, 0.5) is 14.9 Å². The highest BCUT2D eigenvalue weighted by Crippen LogP contribution is 2.46. The van der Waals surface area contributed by atoms with Gasteiger partial charge in [0.1, 0.15) is 5.01 Å². The fraction of sp³-hybridized carbons (Fsp3) is 0.207. The maximum absolute atomic E-state index is 15.2. The first-order chi connectivity index (χ1) is 19.2. The third-order valence-electron chi connectivity index (χ3n) is 6.65. The Balaban J connectivity index is 1.34. The molecule has 1 aliphatic heterocycles. The molecule has 0 spiro atoms. The van der Waals surface area contributed by atoms with E-state index in [9.17, 15) is 10.1 Å². The fourth-order valence-electron chi connectivity index (χ4n) is 4.75. The van der Waals surface area contributed by atoms with Gasteiger partial charge in [-0.3, -0.25) is 4.90 Å². The fourth-order valence-corrected chi connectivity index (χ4v) is 5.85. The topological polar surface area (TPSA) is 110 Å². The maximum Gasteiger partial charge on any atom is 0.417 e. The minimum Gasteiger partial charge on any atom is -0.480 e. The standard InChI is InChI=1S/C29H22FN5O4S/c1-15-8-18(24-21(9-15)33-23(37-4)14-32-24)27-34-22-11-20(30)25-19(26(22)40-27)12-29(2,38-25)39-28(36)35(3)17-7-5-6-16(10-17)13-31/h5-11,14H,12H2,1-4H3/t29-/m0/s1. The SMILES string of the molecule is COc1cnc2c(-c3nc4cc(F)c5c(c4s3)C[C@](C)(OC(=O)N(C)c3cccc(C#N)c3)O5)cc(C)cc2n1. The zero-order valence-electron chi connectivity index (χ0n) is 22.0. The molecule has 0 bridgehead atoms. The Morgan fingerprint density at radius 3 is 2.83 bits per heavy atom. The van der Waals surface area contributed by atoms with Gasteiger partial charge in [-0.2, -0.15) is 5.26 Å². The molecule has 0 unspecified atom stereocenters. The molecule has 0 saturated carbocycles. The van der Waals surface area contributed by atoms with E-state index in [0.717, 1.165) is 15.8 Å². The minimum absolute atomic E-state index is 0.0331. The van der Waals surface area contributed by atoms with E-state index in [4.69, 9.17) is 19.2 Å². The number of carbonyl (C=O) groups excluding carboxylic acids is 1. The lowest BCUT2D eigenvalue weighted by atomic mass is 10.1. The van der Waals surface area contributed by atoms with Crippen LogP contribution in [-0.4, -0.2) is 41.0 Å². The average Bonchev–Trinajstić information content (AvgIpc) is 3.53. The zero-order chi connectivity index (χ0) is 28.2. The van der Waals surface area contributed by atoms with Gasteiger partial charge >= 0.3 is 6.09 Å². The summed E-state index contributed by atoms with van der Waals surface area (Å²) in [5, 5.41) is 9.82. The molecule has 0 saturated heterocycles. The summed E-state index contributed by atoms with van der Waals surface area (Å²) >= 11 is 1.39. The van der Waals surface area contributed by atoms with Gasteiger partial charge in [-0.15, -0.1) is 11.3 Å². The number of nitrogens with zero attached hydrogens (tertiary/aromatic N) is 5. The molecule has 40 heavy (non-hydrogen) atoms. The zero-order valence-corrected chi connectivity index (χ0v) is 22.8. The predicted molar refractivity (Wildman–Crippen MR) is 148 cm³/mol. The summed E-state index contributed by atoms with van der Waals surface area (Å²) < 4.78 is 32.8. The van der Waals surface area contributed by atoms with Crippen molar-refractivity contribution < 1.29 is 23.4 Å². The van der Waals surface area contributed by atoms with Crippen molar-refractivity contribution >= 4 is 44.4 Å². The van der Waals surface area contributed by atoms with Gasteiger partial charge in [0.2, 0.25) is 5.88 Å². The molecule has 2 aromatic heterocycles. The van der Waals surface area contributed by atoms with Gasteiger partial charge in [0, 0.05) is 36.9 Å². The van der Waals surface area contributed by atoms with Gasteiger partial charge in [0.05, 0.1) is 52.6 Å². The van der Waals surface area contributed by atoms with Gasteiger partial charge < -0.3 is 14.2 Å². The smallest absolute Gasteiger partial charge is 0.417 e. The van der Waals surface area contributed by atoms with E-state index in [2.05, 4.69) is 9.97 Å². The van der Waals surface area contributed by atoms with E-state index in [1.165, 1.54) is 36.5 Å². The Morgan fingerprint density at radius 2 is 2.05 bits per heavy atom. The van der Waals surface area contributed by atoms with Crippen LogP contribution in [0, 0.1) is 24.1 Å². The van der Waals surface area contributed by atoms with E-state index in [1.807, 2.05) is 25.1 Å². The Morgan fingerprint density at radius 1 is 1.23 bits per heavy atom. The van der Waals surface area contributed by atoms with E-state index in [1.54, 1.807) is 37.4 Å². The number of carbonyl (C=O) groups is 1. The predicted octanol–water partition coefficient (Wildman–Crippen LogP) is 6.16. The van der Waals surface area contributed by atoms with E-state index < -0.39 is 17.7 Å². The van der Waals surface area contributed by atoms with Crippen molar-refractivity contribution in [2.24, 2.45) is 0 Å². The molecular weight excluding hydrogens is 533 g/mol. The number of benzene rings is 3. The molecule has 3 aromatic carbocycles. The number of nitriles is 1. The van der Waals surface area contributed by atoms with E-state index in [-0.39, 0.29) is 12.2 Å². The molecule has 1 aliphatic rings. The molecule has 1 amide bonds. The maximum atomic E-state index is 15.2. The summed E-state index contributed by atoms with van der Waals surface area (Å²) in [6.45, 7) is 3.55. The Kier molecular flexibility index (Phi) is 6.00. The molecule has 200 valence electrons. The van der Waals surface area contributed by atoms with Gasteiger partial charge in [0.15, 0.2) is 11.6 Å². The summed E-state index contributed by atoms with van der Waals surface area (Å²) in [6, 6.07) is 13.8. The van der Waals surface area contributed by atoms with Crippen LogP contribution in [0.15, 0.2) is 48.7 Å². The summed E-state index contributed by atoms with van der Waals surface area (Å²) in [6.07, 6.45) is 0.974. The van der Waals surface area contributed by atoms with Crippen LogP contribution >= 0.6 is 11.3 Å². The number of anilines is 1. The number of methoxy groups -OCH3 is 1. The summed E-state index contributed by atoms with van der Waals surface area (Å²) in [7, 11) is 3.07. The summed E-state index contributed by atoms with van der Waals surface area (Å²) in [5.41, 5.74) is 4.99. The van der Waals surface area contributed by atoms with Gasteiger partial charge in [-0.05, 0) is 42.8 Å². The van der Waals surface area contributed by atoms with Gasteiger partial charge in [0.25, 0.3) is 5.79 Å². The number of aryl methyl sites for hydroxylation is 1. The van der Waals surface area contributed by atoms with Crippen LogP contribution in [0.3, 0.4) is 0 Å². The van der Waals surface area contributed by atoms with Crippen molar-refractivity contribution in [2.75, 3.05) is 19.1 Å². The lowest BCUT2D eigenvalue weighted by Gasteiger charge is -2.27. The molecule has 0 fully saturated rings. The van der Waals surface area contributed by atoms with E-state index in [0.29, 0.717) is 44.3 Å². The van der Waals surface area contributed by atoms with Crippen molar-refractivity contribution in [2.45, 2.75) is 26.1 Å². The Labute approximate surface area is 232 Å². The third-order valence-corrected chi connectivity index (χ3v) is 7.81. The third kappa shape index (κ3) is 4.32. The first-order valence-corrected chi connectivity index (χ1v) is 13.1. The number of fused-ring (bicyclic) bond motifs is 4. The number of hydrogen-bond donors (Lipinski definition) is 0. The first kappa shape index (κ1) is 25.5. The molecule has 9 nitrogen and oxygen atoms in total. The van der Waals surface area contributed by atoms with Crippen molar-refractivity contribution in [3.05, 3.63) is 71.2 Å². The number of aromatic nitrogens is 3. The molecule has 11 heteroatoms. The second-order valence-electron chi connectivity index (χ2n) is 9.63. The van der Waals surface area contributed by atoms with Crippen LogP contribution in [0.1, 0.15) is 23.6 Å². The first-order valence-electron chi connectivity index (χ1n) is 12.3. The average molecular weight is 556 g/mol. The Bertz CT molecular complexity index is 1880. The number of ether oxygens (including phenoxy) is 3. The molecule has 0 radical (unpaired) electrons. The second kappa shape index (κ2) is 9.43. The van der Waals surface area contributed by atoms with Crippen molar-refractivity contribution in [3.63, 3.8) is 0 Å². The molecule has 3 heterocycles. The monoisotopic (exact) mass is 555 g/mol. The van der Waals surface area contributed by atoms with Crippen LogP contribution < -0.4 is 14.4 Å². The quantitative estimate of drug-likeness (QED) is 0.259. The lowest BCUT2D eigenvalue weighted by molar-refractivity contribution is -0.108. The van der Waals surface area contributed by atoms with Crippen LogP contribution in [0.2, 0.25) is 0 Å². The van der Waals surface area contributed by atoms with E-state index >= 15 is 4.39 Å². The van der Waals surface area contributed by atoms with Crippen molar-refractivity contribution in [1.29, 1.82) is 5.26 Å². The van der Waals surface area contributed by atoms with Gasteiger partial charge in [-0.1, -0.05) is 6.07 Å². The molecular formula is C29H22FN5O4S. The Hall–Kier alpha value is -4.82. The van der Waals surface area contributed by atoms with Crippen LogP contribution in [0.25, 0.3) is 31.8 Å². The number of rotatable bonds is 4. The number of halogens is 1. The molecule has 0 N–H and O–H groups in total. The highest BCUT2D eigenvalue weighted by atomic mass is 32.1. The minimum atomic E-state index is -1.45. The molecule has 1 atom stereocenters.